The molecule has 0 aliphatic heterocycles. The molecule has 0 amide bonds. The molecule has 0 heterocycles. The Balaban J connectivity index is 3.96. The largest absolute Gasteiger partial charge is 0.468 e. The van der Waals surface area contributed by atoms with Gasteiger partial charge >= 0.3 is 5.97 Å². The van der Waals surface area contributed by atoms with Gasteiger partial charge in [-0.3, -0.25) is 9.69 Å². The molecule has 14 heavy (non-hydrogen) atoms. The summed E-state index contributed by atoms with van der Waals surface area (Å²) >= 11 is 0. The van der Waals surface area contributed by atoms with E-state index in [4.69, 9.17) is 0 Å². The van der Waals surface area contributed by atoms with Crippen molar-refractivity contribution in [1.82, 2.24) is 4.90 Å². The van der Waals surface area contributed by atoms with E-state index in [1.54, 1.807) is 0 Å². The van der Waals surface area contributed by atoms with Crippen LogP contribution in [-0.4, -0.2) is 37.1 Å². The van der Waals surface area contributed by atoms with Crippen molar-refractivity contribution in [3.05, 3.63) is 0 Å². The number of hydrogen-bond donors (Lipinski definition) is 0. The summed E-state index contributed by atoms with van der Waals surface area (Å²) in [4.78, 5) is 13.3. The number of carbonyl (C=O) groups is 1. The summed E-state index contributed by atoms with van der Waals surface area (Å²) < 4.78 is 4.66. The molecule has 3 heteroatoms. The zero-order valence-electron chi connectivity index (χ0n) is 10.0. The Morgan fingerprint density at radius 2 is 1.86 bits per heavy atom. The van der Waals surface area contributed by atoms with E-state index in [0.717, 1.165) is 13.0 Å². The van der Waals surface area contributed by atoms with E-state index in [0.29, 0.717) is 18.5 Å². The lowest BCUT2D eigenvalue weighted by molar-refractivity contribution is -0.142. The maximum Gasteiger partial charge on any atom is 0.319 e. The molecule has 0 saturated carbocycles. The Hall–Kier alpha value is -0.570. The monoisotopic (exact) mass is 201 g/mol. The lowest BCUT2D eigenvalue weighted by atomic mass is 10.1. The van der Waals surface area contributed by atoms with Crippen molar-refractivity contribution >= 4 is 5.97 Å². The predicted octanol–water partition coefficient (Wildman–Crippen LogP) is 1.92. The fourth-order valence-corrected chi connectivity index (χ4v) is 1.17. The van der Waals surface area contributed by atoms with Crippen molar-refractivity contribution in [3.8, 4) is 0 Å². The van der Waals surface area contributed by atoms with Gasteiger partial charge in [0.05, 0.1) is 13.7 Å². The van der Waals surface area contributed by atoms with Gasteiger partial charge in [-0.1, -0.05) is 13.8 Å². The summed E-state index contributed by atoms with van der Waals surface area (Å²) in [6, 6.07) is 0.396. The van der Waals surface area contributed by atoms with Gasteiger partial charge in [0, 0.05) is 6.04 Å². The summed E-state index contributed by atoms with van der Waals surface area (Å²) in [6.07, 6.45) is 1.12. The van der Waals surface area contributed by atoms with Crippen LogP contribution in [0, 0.1) is 5.92 Å². The minimum Gasteiger partial charge on any atom is -0.468 e. The molecule has 0 unspecified atom stereocenters. The highest BCUT2D eigenvalue weighted by Crippen LogP contribution is 2.05. The molecule has 0 N–H and O–H groups in total. The highest BCUT2D eigenvalue weighted by molar-refractivity contribution is 5.71. The molecular weight excluding hydrogens is 178 g/mol. The topological polar surface area (TPSA) is 29.5 Å². The average Bonchev–Trinajstić information content (AvgIpc) is 2.10. The lowest BCUT2D eigenvalue weighted by Crippen LogP contribution is -2.37. The first kappa shape index (κ1) is 13.4. The maximum absolute atomic E-state index is 11.1. The smallest absolute Gasteiger partial charge is 0.319 e. The van der Waals surface area contributed by atoms with E-state index in [9.17, 15) is 4.79 Å². The fourth-order valence-electron chi connectivity index (χ4n) is 1.17. The average molecular weight is 201 g/mol. The molecule has 0 spiro atoms. The van der Waals surface area contributed by atoms with E-state index in [-0.39, 0.29) is 5.97 Å². The van der Waals surface area contributed by atoms with Crippen LogP contribution in [0.2, 0.25) is 0 Å². The summed E-state index contributed by atoms with van der Waals surface area (Å²) in [6.45, 7) is 9.95. The number of rotatable bonds is 6. The second kappa shape index (κ2) is 6.82. The zero-order valence-corrected chi connectivity index (χ0v) is 10.0. The quantitative estimate of drug-likeness (QED) is 0.615. The highest BCUT2D eigenvalue weighted by Gasteiger charge is 2.14. The second-order valence-electron chi connectivity index (χ2n) is 4.32. The van der Waals surface area contributed by atoms with Gasteiger partial charge in [0.25, 0.3) is 0 Å². The van der Waals surface area contributed by atoms with Crippen LogP contribution in [0.5, 0.6) is 0 Å². The maximum atomic E-state index is 11.1. The van der Waals surface area contributed by atoms with E-state index in [2.05, 4.69) is 37.3 Å². The van der Waals surface area contributed by atoms with Crippen LogP contribution in [-0.2, 0) is 9.53 Å². The molecule has 0 rings (SSSR count). The normalized spacial score (nSPS) is 11.4. The van der Waals surface area contributed by atoms with E-state index in [1.165, 1.54) is 7.11 Å². The third-order valence-electron chi connectivity index (χ3n) is 2.28. The molecule has 0 saturated heterocycles. The molecule has 0 bridgehead atoms. The van der Waals surface area contributed by atoms with Crippen LogP contribution < -0.4 is 0 Å². The molecule has 0 fully saturated rings. The predicted molar refractivity (Wildman–Crippen MR) is 58.2 cm³/mol. The number of nitrogens with zero attached hydrogens (tertiary/aromatic N) is 1. The van der Waals surface area contributed by atoms with Crippen molar-refractivity contribution in [1.29, 1.82) is 0 Å². The fraction of sp³-hybridized carbons (Fsp3) is 0.909. The second-order valence-corrected chi connectivity index (χ2v) is 4.32. The van der Waals surface area contributed by atoms with Gasteiger partial charge in [-0.25, -0.2) is 0 Å². The van der Waals surface area contributed by atoms with Crippen LogP contribution in [0.1, 0.15) is 34.1 Å². The van der Waals surface area contributed by atoms with Crippen molar-refractivity contribution in [2.75, 3.05) is 20.2 Å². The first-order valence-corrected chi connectivity index (χ1v) is 5.28. The molecule has 0 radical (unpaired) electrons. The molecule has 0 aliphatic carbocycles. The minimum absolute atomic E-state index is 0.151. The molecule has 3 nitrogen and oxygen atoms in total. The summed E-state index contributed by atoms with van der Waals surface area (Å²) in [5.74, 6) is 0.524. The molecule has 84 valence electrons. The summed E-state index contributed by atoms with van der Waals surface area (Å²) in [5.41, 5.74) is 0. The van der Waals surface area contributed by atoms with Crippen molar-refractivity contribution in [3.63, 3.8) is 0 Å². The van der Waals surface area contributed by atoms with Crippen molar-refractivity contribution in [2.24, 2.45) is 5.92 Å². The van der Waals surface area contributed by atoms with Gasteiger partial charge in [-0.15, -0.1) is 0 Å². The Bertz CT molecular complexity index is 167. The van der Waals surface area contributed by atoms with Gasteiger partial charge in [0.2, 0.25) is 0 Å². The molecule has 0 aromatic heterocycles. The van der Waals surface area contributed by atoms with Crippen LogP contribution in [0.3, 0.4) is 0 Å². The van der Waals surface area contributed by atoms with Gasteiger partial charge in [-0.2, -0.15) is 0 Å². The van der Waals surface area contributed by atoms with Crippen LogP contribution in [0.15, 0.2) is 0 Å². The van der Waals surface area contributed by atoms with Crippen molar-refractivity contribution < 1.29 is 9.53 Å². The first-order valence-electron chi connectivity index (χ1n) is 5.28. The molecule has 0 aromatic carbocycles. The Morgan fingerprint density at radius 1 is 1.29 bits per heavy atom. The number of carbonyl (C=O) groups excluding carboxylic acids is 1. The third kappa shape index (κ3) is 5.97. The lowest BCUT2D eigenvalue weighted by Gasteiger charge is -2.25. The van der Waals surface area contributed by atoms with Crippen LogP contribution in [0.4, 0.5) is 0 Å². The van der Waals surface area contributed by atoms with Gasteiger partial charge in [0.1, 0.15) is 0 Å². The molecule has 0 aromatic rings. The van der Waals surface area contributed by atoms with Gasteiger partial charge < -0.3 is 4.74 Å². The minimum atomic E-state index is -0.151. The van der Waals surface area contributed by atoms with Gasteiger partial charge in [-0.05, 0) is 32.7 Å². The first-order chi connectivity index (χ1) is 6.47. The standard InChI is InChI=1S/C11H23NO2/c1-9(2)6-7-12(10(3)4)8-11(13)14-5/h9-10H,6-8H2,1-5H3. The molecular formula is C11H23NO2. The van der Waals surface area contributed by atoms with Crippen LogP contribution >= 0.6 is 0 Å². The SMILES string of the molecule is COC(=O)CN(CCC(C)C)C(C)C. The van der Waals surface area contributed by atoms with E-state index >= 15 is 0 Å². The third-order valence-corrected chi connectivity index (χ3v) is 2.28. The molecule has 0 aliphatic rings. The molecule has 0 atom stereocenters. The number of esters is 1. The Labute approximate surface area is 87.4 Å². The number of hydrogen-bond acceptors (Lipinski definition) is 3. The Kier molecular flexibility index (Phi) is 6.54. The van der Waals surface area contributed by atoms with E-state index < -0.39 is 0 Å². The zero-order chi connectivity index (χ0) is 11.1. The summed E-state index contributed by atoms with van der Waals surface area (Å²) in [5, 5.41) is 0. The van der Waals surface area contributed by atoms with Crippen LogP contribution in [0.25, 0.3) is 0 Å². The Morgan fingerprint density at radius 3 is 2.21 bits per heavy atom. The van der Waals surface area contributed by atoms with Crippen molar-refractivity contribution in [2.45, 2.75) is 40.2 Å². The number of ether oxygens (including phenoxy) is 1. The highest BCUT2D eigenvalue weighted by atomic mass is 16.5. The summed E-state index contributed by atoms with van der Waals surface area (Å²) in [7, 11) is 1.43. The van der Waals surface area contributed by atoms with Gasteiger partial charge in [0.15, 0.2) is 0 Å². The number of methoxy groups -OCH3 is 1. The van der Waals surface area contributed by atoms with E-state index in [1.807, 2.05) is 0 Å².